The van der Waals surface area contributed by atoms with Crippen molar-refractivity contribution in [2.24, 2.45) is 0 Å². The third kappa shape index (κ3) is 2.99. The van der Waals surface area contributed by atoms with Gasteiger partial charge in [0, 0.05) is 5.56 Å². The molecule has 0 radical (unpaired) electrons. The van der Waals surface area contributed by atoms with E-state index in [9.17, 15) is 22.4 Å². The van der Waals surface area contributed by atoms with Crippen molar-refractivity contribution < 1.29 is 26.7 Å². The lowest BCUT2D eigenvalue weighted by atomic mass is 9.90. The lowest BCUT2D eigenvalue weighted by molar-refractivity contribution is -0.141. The smallest absolute Gasteiger partial charge is 0.266 e. The Kier molecular flexibility index (Phi) is 4.57. The molecule has 2 amide bonds. The summed E-state index contributed by atoms with van der Waals surface area (Å²) in [5.41, 5.74) is 0.809. The van der Waals surface area contributed by atoms with Gasteiger partial charge in [0.25, 0.3) is 11.8 Å². The van der Waals surface area contributed by atoms with Crippen LogP contribution in [0.3, 0.4) is 0 Å². The maximum absolute atomic E-state index is 12.4. The van der Waals surface area contributed by atoms with Gasteiger partial charge in [-0.3, -0.25) is 9.59 Å². The van der Waals surface area contributed by atoms with Crippen LogP contribution in [0.15, 0.2) is 43.5 Å². The maximum Gasteiger partial charge on any atom is 0.318 e. The Labute approximate surface area is 132 Å². The van der Waals surface area contributed by atoms with E-state index in [1.807, 2.05) is 0 Å². The van der Waals surface area contributed by atoms with E-state index in [4.69, 9.17) is 0 Å². The predicted molar refractivity (Wildman–Crippen MR) is 81.9 cm³/mol. The first-order valence-corrected chi connectivity index (χ1v) is 7.89. The highest BCUT2D eigenvalue weighted by molar-refractivity contribution is 7.86. The number of halogens is 1. The van der Waals surface area contributed by atoms with Crippen LogP contribution in [-0.4, -0.2) is 31.3 Å². The van der Waals surface area contributed by atoms with Gasteiger partial charge >= 0.3 is 10.1 Å². The first-order valence-electron chi connectivity index (χ1n) is 6.32. The zero-order valence-corrected chi connectivity index (χ0v) is 12.7. The average molecular weight is 337 g/mol. The number of benzene rings is 1. The van der Waals surface area contributed by atoms with Gasteiger partial charge in [-0.2, -0.15) is 8.42 Å². The van der Waals surface area contributed by atoms with Gasteiger partial charge in [-0.25, -0.2) is 4.39 Å². The fourth-order valence-corrected chi connectivity index (χ4v) is 2.51. The van der Waals surface area contributed by atoms with Gasteiger partial charge in [-0.15, -0.1) is 9.35 Å². The van der Waals surface area contributed by atoms with Crippen LogP contribution in [0.5, 0.6) is 0 Å². The SMILES string of the molecule is C=C/C=C1/C(=O)N(OS(=O)(=O)CF)C(=O)c2cccc(C=C)c21. The van der Waals surface area contributed by atoms with Gasteiger partial charge in [0.05, 0.1) is 11.1 Å². The van der Waals surface area contributed by atoms with E-state index < -0.39 is 27.9 Å². The number of alkyl halides is 1. The molecule has 0 bridgehead atoms. The molecule has 0 spiro atoms. The van der Waals surface area contributed by atoms with Crippen LogP contribution in [0.4, 0.5) is 4.39 Å². The van der Waals surface area contributed by atoms with Gasteiger partial charge in [0.1, 0.15) is 0 Å². The molecule has 8 heteroatoms. The molecule has 1 aromatic rings. The molecule has 6 nitrogen and oxygen atoms in total. The zero-order chi connectivity index (χ0) is 17.2. The second kappa shape index (κ2) is 6.27. The Bertz CT molecular complexity index is 841. The number of hydroxylamine groups is 2. The van der Waals surface area contributed by atoms with E-state index in [2.05, 4.69) is 17.4 Å². The van der Waals surface area contributed by atoms with E-state index in [0.717, 1.165) is 0 Å². The first-order chi connectivity index (χ1) is 10.9. The molecule has 2 rings (SSSR count). The van der Waals surface area contributed by atoms with Crippen molar-refractivity contribution in [3.05, 3.63) is 60.2 Å². The number of hydrogen-bond donors (Lipinski definition) is 0. The van der Waals surface area contributed by atoms with Crippen molar-refractivity contribution in [3.8, 4) is 0 Å². The molecule has 1 aliphatic heterocycles. The van der Waals surface area contributed by atoms with Crippen molar-refractivity contribution in [2.75, 3.05) is 6.01 Å². The average Bonchev–Trinajstić information content (AvgIpc) is 2.54. The second-order valence-electron chi connectivity index (χ2n) is 4.44. The van der Waals surface area contributed by atoms with Crippen LogP contribution in [0, 0.1) is 0 Å². The molecule has 1 heterocycles. The van der Waals surface area contributed by atoms with E-state index in [-0.39, 0.29) is 21.8 Å². The first kappa shape index (κ1) is 16.8. The van der Waals surface area contributed by atoms with Crippen LogP contribution in [0.25, 0.3) is 11.6 Å². The number of allylic oxidation sites excluding steroid dienone is 2. The molecule has 0 N–H and O–H groups in total. The van der Waals surface area contributed by atoms with Crippen molar-refractivity contribution in [1.82, 2.24) is 5.06 Å². The number of carbonyl (C=O) groups excluding carboxylic acids is 2. The van der Waals surface area contributed by atoms with Crippen LogP contribution in [0.1, 0.15) is 21.5 Å². The number of hydrogen-bond acceptors (Lipinski definition) is 5. The molecule has 0 saturated carbocycles. The van der Waals surface area contributed by atoms with Crippen LogP contribution < -0.4 is 0 Å². The lowest BCUT2D eigenvalue weighted by Gasteiger charge is -2.27. The summed E-state index contributed by atoms with van der Waals surface area (Å²) in [6.07, 6.45) is 4.05. The summed E-state index contributed by atoms with van der Waals surface area (Å²) in [6, 6.07) is 2.70. The van der Waals surface area contributed by atoms with Crippen molar-refractivity contribution in [3.63, 3.8) is 0 Å². The molecule has 1 aromatic carbocycles. The minimum atomic E-state index is -4.70. The number of fused-ring (bicyclic) bond motifs is 1. The third-order valence-electron chi connectivity index (χ3n) is 3.02. The van der Waals surface area contributed by atoms with Crippen molar-refractivity contribution in [1.29, 1.82) is 0 Å². The van der Waals surface area contributed by atoms with Gasteiger partial charge < -0.3 is 0 Å². The highest BCUT2D eigenvalue weighted by Gasteiger charge is 2.39. The van der Waals surface area contributed by atoms with E-state index >= 15 is 0 Å². The lowest BCUT2D eigenvalue weighted by Crippen LogP contribution is -2.43. The molecule has 0 saturated heterocycles. The summed E-state index contributed by atoms with van der Waals surface area (Å²) in [6.45, 7) is 7.08. The monoisotopic (exact) mass is 337 g/mol. The van der Waals surface area contributed by atoms with E-state index in [0.29, 0.717) is 5.56 Å². The summed E-state index contributed by atoms with van der Waals surface area (Å²) in [4.78, 5) is 24.7. The zero-order valence-electron chi connectivity index (χ0n) is 11.9. The van der Waals surface area contributed by atoms with Crippen molar-refractivity contribution in [2.45, 2.75) is 0 Å². The summed E-state index contributed by atoms with van der Waals surface area (Å²) >= 11 is 0. The number of amides is 2. The Hall–Kier alpha value is -2.58. The minimum Gasteiger partial charge on any atom is -0.266 e. The van der Waals surface area contributed by atoms with E-state index in [1.54, 1.807) is 6.07 Å². The second-order valence-corrected chi connectivity index (χ2v) is 5.92. The third-order valence-corrected chi connectivity index (χ3v) is 3.67. The molecule has 23 heavy (non-hydrogen) atoms. The van der Waals surface area contributed by atoms with Gasteiger partial charge in [-0.05, 0) is 17.7 Å². The largest absolute Gasteiger partial charge is 0.318 e. The van der Waals surface area contributed by atoms with Crippen molar-refractivity contribution >= 4 is 33.6 Å². The highest BCUT2D eigenvalue weighted by atomic mass is 32.2. The fraction of sp³-hybridized carbons (Fsp3) is 0.0667. The normalized spacial score (nSPS) is 16.4. The Morgan fingerprint density at radius 1 is 1.22 bits per heavy atom. The highest BCUT2D eigenvalue weighted by Crippen LogP contribution is 2.32. The Balaban J connectivity index is 2.69. The Morgan fingerprint density at radius 2 is 1.91 bits per heavy atom. The summed E-state index contributed by atoms with van der Waals surface area (Å²) < 4.78 is 39.2. The summed E-state index contributed by atoms with van der Waals surface area (Å²) in [5, 5.41) is 0.0272. The molecule has 0 atom stereocenters. The number of imide groups is 1. The predicted octanol–water partition coefficient (Wildman–Crippen LogP) is 2.07. The molecule has 1 aliphatic rings. The molecule has 120 valence electrons. The number of rotatable bonds is 5. The van der Waals surface area contributed by atoms with Crippen LogP contribution >= 0.6 is 0 Å². The van der Waals surface area contributed by atoms with Crippen LogP contribution in [0.2, 0.25) is 0 Å². The number of nitrogens with zero attached hydrogens (tertiary/aromatic N) is 1. The fourth-order valence-electron chi connectivity index (χ4n) is 2.11. The minimum absolute atomic E-state index is 0.0147. The van der Waals surface area contributed by atoms with Crippen LogP contribution in [-0.2, 0) is 19.2 Å². The topological polar surface area (TPSA) is 80.8 Å². The maximum atomic E-state index is 12.4. The molecule has 0 unspecified atom stereocenters. The molecule has 0 aromatic heterocycles. The summed E-state index contributed by atoms with van der Waals surface area (Å²) in [5.74, 6) is -2.04. The van der Waals surface area contributed by atoms with Gasteiger partial charge in [0.2, 0.25) is 6.01 Å². The van der Waals surface area contributed by atoms with Gasteiger partial charge in [-0.1, -0.05) is 37.4 Å². The molecular formula is C15H12FNO5S. The van der Waals surface area contributed by atoms with Gasteiger partial charge in [0.15, 0.2) is 0 Å². The Morgan fingerprint density at radius 3 is 2.48 bits per heavy atom. The summed E-state index contributed by atoms with van der Waals surface area (Å²) in [7, 11) is -4.70. The van der Waals surface area contributed by atoms with E-state index in [1.165, 1.54) is 30.4 Å². The molecule has 0 aliphatic carbocycles. The molecular weight excluding hydrogens is 325 g/mol. The standard InChI is InChI=1S/C15H12FNO5S/c1-3-6-11-13-10(4-2)7-5-8-12(13)15(19)17(14(11)18)22-23(20,21)9-16/h3-8H,1-2,9H2/b11-6+. The number of carbonyl (C=O) groups is 2. The molecule has 0 fully saturated rings. The quantitative estimate of drug-likeness (QED) is 0.607.